The molecule has 1 heterocycles. The van der Waals surface area contributed by atoms with Crippen LogP contribution in [0, 0.1) is 5.82 Å². The van der Waals surface area contributed by atoms with Crippen LogP contribution < -0.4 is 0 Å². The topological polar surface area (TPSA) is 31.2 Å². The summed E-state index contributed by atoms with van der Waals surface area (Å²) in [6.45, 7) is 2.09. The number of halogens is 1. The normalized spacial score (nSPS) is 10.5. The number of rotatable bonds is 4. The first-order chi connectivity index (χ1) is 11.2. The monoisotopic (exact) mass is 309 g/mol. The summed E-state index contributed by atoms with van der Waals surface area (Å²) < 4.78 is 20.0. The lowest BCUT2D eigenvalue weighted by Gasteiger charge is -2.03. The van der Waals surface area contributed by atoms with Crippen molar-refractivity contribution in [1.82, 2.24) is 4.57 Å². The Morgan fingerprint density at radius 1 is 1.04 bits per heavy atom. The first-order valence-corrected chi connectivity index (χ1v) is 7.39. The highest BCUT2D eigenvalue weighted by Gasteiger charge is 2.17. The molecule has 2 aromatic carbocycles. The Hall–Kier alpha value is -2.88. The van der Waals surface area contributed by atoms with Gasteiger partial charge in [0, 0.05) is 23.6 Å². The van der Waals surface area contributed by atoms with Crippen LogP contribution in [0.25, 0.3) is 16.8 Å². The van der Waals surface area contributed by atoms with Gasteiger partial charge in [-0.05, 0) is 36.8 Å². The van der Waals surface area contributed by atoms with Gasteiger partial charge in [-0.25, -0.2) is 9.18 Å². The molecule has 0 radical (unpaired) electrons. The number of benzene rings is 2. The Morgan fingerprint density at radius 3 is 2.39 bits per heavy atom. The van der Waals surface area contributed by atoms with E-state index in [0.29, 0.717) is 12.2 Å². The Balaban J connectivity index is 2.10. The molecule has 1 aromatic heterocycles. The van der Waals surface area contributed by atoms with E-state index in [1.165, 1.54) is 12.1 Å². The lowest BCUT2D eigenvalue weighted by atomic mass is 10.1. The second-order valence-electron chi connectivity index (χ2n) is 5.06. The van der Waals surface area contributed by atoms with E-state index in [1.54, 1.807) is 29.8 Å². The van der Waals surface area contributed by atoms with Crippen molar-refractivity contribution in [2.75, 3.05) is 6.61 Å². The van der Waals surface area contributed by atoms with Gasteiger partial charge >= 0.3 is 5.97 Å². The number of hydrogen-bond donors (Lipinski definition) is 0. The standard InChI is InChI=1S/C19H16FNO2/c1-2-23-19(22)18-13-21(16-10-8-15(20)9-11-16)12-17(18)14-6-4-3-5-7-14/h3-13H,2H2,1H3. The van der Waals surface area contributed by atoms with Gasteiger partial charge in [-0.3, -0.25) is 0 Å². The highest BCUT2D eigenvalue weighted by Crippen LogP contribution is 2.27. The van der Waals surface area contributed by atoms with Crippen LogP contribution >= 0.6 is 0 Å². The van der Waals surface area contributed by atoms with Crippen molar-refractivity contribution in [3.63, 3.8) is 0 Å². The summed E-state index contributed by atoms with van der Waals surface area (Å²) in [7, 11) is 0. The van der Waals surface area contributed by atoms with Crippen molar-refractivity contribution >= 4 is 5.97 Å². The number of ether oxygens (including phenoxy) is 1. The van der Waals surface area contributed by atoms with Gasteiger partial charge in [0.15, 0.2) is 0 Å². The van der Waals surface area contributed by atoms with Crippen molar-refractivity contribution in [3.05, 3.63) is 78.4 Å². The van der Waals surface area contributed by atoms with E-state index in [4.69, 9.17) is 4.74 Å². The van der Waals surface area contributed by atoms with E-state index in [9.17, 15) is 9.18 Å². The molecule has 0 aliphatic rings. The minimum absolute atomic E-state index is 0.296. The molecular formula is C19H16FNO2. The lowest BCUT2D eigenvalue weighted by Crippen LogP contribution is -2.04. The van der Waals surface area contributed by atoms with Gasteiger partial charge in [-0.15, -0.1) is 0 Å². The number of esters is 1. The smallest absolute Gasteiger partial charge is 0.340 e. The fourth-order valence-electron chi connectivity index (χ4n) is 2.44. The number of carbonyl (C=O) groups excluding carboxylic acids is 1. The fraction of sp³-hybridized carbons (Fsp3) is 0.105. The Bertz CT molecular complexity index is 807. The molecule has 23 heavy (non-hydrogen) atoms. The number of hydrogen-bond acceptors (Lipinski definition) is 2. The van der Waals surface area contributed by atoms with Gasteiger partial charge in [-0.1, -0.05) is 30.3 Å². The summed E-state index contributed by atoms with van der Waals surface area (Å²) >= 11 is 0. The molecule has 116 valence electrons. The van der Waals surface area contributed by atoms with E-state index >= 15 is 0 Å². The highest BCUT2D eigenvalue weighted by molar-refractivity contribution is 5.97. The van der Waals surface area contributed by atoms with Crippen LogP contribution in [0.1, 0.15) is 17.3 Å². The van der Waals surface area contributed by atoms with Crippen LogP contribution in [-0.2, 0) is 4.74 Å². The third kappa shape index (κ3) is 3.16. The molecule has 0 bridgehead atoms. The van der Waals surface area contributed by atoms with Crippen molar-refractivity contribution < 1.29 is 13.9 Å². The van der Waals surface area contributed by atoms with Crippen molar-refractivity contribution in [1.29, 1.82) is 0 Å². The second-order valence-corrected chi connectivity index (χ2v) is 5.06. The van der Waals surface area contributed by atoms with Gasteiger partial charge in [0.1, 0.15) is 5.82 Å². The molecule has 4 heteroatoms. The zero-order chi connectivity index (χ0) is 16.2. The molecule has 0 aliphatic heterocycles. The fourth-order valence-corrected chi connectivity index (χ4v) is 2.44. The molecule has 0 spiro atoms. The Labute approximate surface area is 134 Å². The highest BCUT2D eigenvalue weighted by atomic mass is 19.1. The predicted molar refractivity (Wildman–Crippen MR) is 87.1 cm³/mol. The predicted octanol–water partition coefficient (Wildman–Crippen LogP) is 4.46. The summed E-state index contributed by atoms with van der Waals surface area (Å²) in [4.78, 5) is 12.2. The zero-order valence-electron chi connectivity index (χ0n) is 12.7. The van der Waals surface area contributed by atoms with Crippen molar-refractivity contribution in [2.24, 2.45) is 0 Å². The lowest BCUT2D eigenvalue weighted by molar-refractivity contribution is 0.0527. The van der Waals surface area contributed by atoms with Crippen LogP contribution in [-0.4, -0.2) is 17.1 Å². The van der Waals surface area contributed by atoms with Crippen LogP contribution in [0.3, 0.4) is 0 Å². The maximum Gasteiger partial charge on any atom is 0.340 e. The second kappa shape index (κ2) is 6.48. The summed E-state index contributed by atoms with van der Waals surface area (Å²) in [5.41, 5.74) is 2.98. The molecule has 0 amide bonds. The largest absolute Gasteiger partial charge is 0.462 e. The molecular weight excluding hydrogens is 293 g/mol. The van der Waals surface area contributed by atoms with Crippen molar-refractivity contribution in [2.45, 2.75) is 6.92 Å². The summed E-state index contributed by atoms with van der Waals surface area (Å²) in [5.74, 6) is -0.665. The average molecular weight is 309 g/mol. The molecule has 3 aromatic rings. The van der Waals surface area contributed by atoms with E-state index in [1.807, 2.05) is 36.5 Å². The van der Waals surface area contributed by atoms with Gasteiger partial charge in [0.25, 0.3) is 0 Å². The SMILES string of the molecule is CCOC(=O)c1cn(-c2ccc(F)cc2)cc1-c1ccccc1. The maximum absolute atomic E-state index is 13.1. The number of aromatic nitrogens is 1. The van der Waals surface area contributed by atoms with Gasteiger partial charge < -0.3 is 9.30 Å². The third-order valence-electron chi connectivity index (χ3n) is 3.53. The molecule has 0 unspecified atom stereocenters. The van der Waals surface area contributed by atoms with E-state index in [-0.39, 0.29) is 11.8 Å². The van der Waals surface area contributed by atoms with Gasteiger partial charge in [0.2, 0.25) is 0 Å². The molecule has 0 aliphatic carbocycles. The Kier molecular flexibility index (Phi) is 4.24. The van der Waals surface area contributed by atoms with Crippen LogP contribution in [0.2, 0.25) is 0 Å². The molecule has 3 nitrogen and oxygen atoms in total. The zero-order valence-corrected chi connectivity index (χ0v) is 12.7. The number of carbonyl (C=O) groups is 1. The van der Waals surface area contributed by atoms with Crippen LogP contribution in [0.4, 0.5) is 4.39 Å². The summed E-state index contributed by atoms with van der Waals surface area (Å²) in [6, 6.07) is 15.7. The quantitative estimate of drug-likeness (QED) is 0.666. The van der Waals surface area contributed by atoms with E-state index in [2.05, 4.69) is 0 Å². The Morgan fingerprint density at radius 2 is 1.74 bits per heavy atom. The molecule has 0 atom stereocenters. The summed E-state index contributed by atoms with van der Waals surface area (Å²) in [5, 5.41) is 0. The van der Waals surface area contributed by atoms with Crippen LogP contribution in [0.15, 0.2) is 67.0 Å². The maximum atomic E-state index is 13.1. The average Bonchev–Trinajstić information content (AvgIpc) is 3.02. The minimum Gasteiger partial charge on any atom is -0.462 e. The number of nitrogens with zero attached hydrogens (tertiary/aromatic N) is 1. The van der Waals surface area contributed by atoms with Gasteiger partial charge in [-0.2, -0.15) is 0 Å². The molecule has 3 rings (SSSR count). The minimum atomic E-state index is -0.368. The van der Waals surface area contributed by atoms with Crippen molar-refractivity contribution in [3.8, 4) is 16.8 Å². The molecule has 0 saturated heterocycles. The first kappa shape index (κ1) is 15.0. The molecule has 0 N–H and O–H groups in total. The molecule has 0 fully saturated rings. The first-order valence-electron chi connectivity index (χ1n) is 7.39. The summed E-state index contributed by atoms with van der Waals surface area (Å²) in [6.07, 6.45) is 3.57. The van der Waals surface area contributed by atoms with Crippen LogP contribution in [0.5, 0.6) is 0 Å². The third-order valence-corrected chi connectivity index (χ3v) is 3.53. The molecule has 0 saturated carbocycles. The van der Waals surface area contributed by atoms with E-state index in [0.717, 1.165) is 16.8 Å². The van der Waals surface area contributed by atoms with E-state index < -0.39 is 0 Å². The van der Waals surface area contributed by atoms with Gasteiger partial charge in [0.05, 0.1) is 12.2 Å².